The third-order valence-corrected chi connectivity index (χ3v) is 2.63. The molecule has 14 heavy (non-hydrogen) atoms. The molecule has 1 aromatic heterocycles. The van der Waals surface area contributed by atoms with Gasteiger partial charge in [0.05, 0.1) is 6.26 Å². The molecule has 1 fully saturated rings. The average molecular weight is 211 g/mol. The molecule has 0 aromatic carbocycles. The van der Waals surface area contributed by atoms with Crippen molar-refractivity contribution in [3.05, 3.63) is 24.2 Å². The fraction of sp³-hybridized carbons (Fsp3) is 0.444. The summed E-state index contributed by atoms with van der Waals surface area (Å²) in [5.74, 6) is 0.907. The van der Waals surface area contributed by atoms with Crippen molar-refractivity contribution in [3.8, 4) is 0 Å². The van der Waals surface area contributed by atoms with E-state index in [9.17, 15) is 0 Å². The van der Waals surface area contributed by atoms with Crippen LogP contribution in [-0.4, -0.2) is 29.6 Å². The standard InChI is InChI=1S/C9H13N3OS/c10-9(14)12-4-3-11-6-7(12)8-2-1-5-13-8/h1-2,5,7,11H,3-4,6H2,(H2,10,14). The number of hydrogen-bond donors (Lipinski definition) is 2. The Morgan fingerprint density at radius 1 is 1.71 bits per heavy atom. The van der Waals surface area contributed by atoms with Crippen LogP contribution in [0.3, 0.4) is 0 Å². The van der Waals surface area contributed by atoms with E-state index in [0.29, 0.717) is 5.11 Å². The highest BCUT2D eigenvalue weighted by Crippen LogP contribution is 2.21. The number of piperazine rings is 1. The molecule has 0 amide bonds. The van der Waals surface area contributed by atoms with Gasteiger partial charge >= 0.3 is 0 Å². The maximum atomic E-state index is 5.65. The second kappa shape index (κ2) is 3.98. The largest absolute Gasteiger partial charge is 0.467 e. The zero-order valence-corrected chi connectivity index (χ0v) is 8.59. The predicted molar refractivity (Wildman–Crippen MR) is 57.8 cm³/mol. The molecule has 0 aliphatic carbocycles. The second-order valence-corrected chi connectivity index (χ2v) is 3.69. The molecule has 4 nitrogen and oxygen atoms in total. The number of nitrogens with one attached hydrogen (secondary N) is 1. The van der Waals surface area contributed by atoms with Gasteiger partial charge in [0.15, 0.2) is 5.11 Å². The van der Waals surface area contributed by atoms with E-state index in [1.54, 1.807) is 6.26 Å². The van der Waals surface area contributed by atoms with Crippen molar-refractivity contribution in [2.45, 2.75) is 6.04 Å². The van der Waals surface area contributed by atoms with Crippen LogP contribution in [0.25, 0.3) is 0 Å². The molecule has 0 spiro atoms. The Morgan fingerprint density at radius 3 is 3.21 bits per heavy atom. The lowest BCUT2D eigenvalue weighted by atomic mass is 10.1. The molecule has 1 unspecified atom stereocenters. The van der Waals surface area contributed by atoms with E-state index in [0.717, 1.165) is 25.4 Å². The number of nitrogens with zero attached hydrogens (tertiary/aromatic N) is 1. The van der Waals surface area contributed by atoms with Gasteiger partial charge < -0.3 is 20.4 Å². The maximum absolute atomic E-state index is 5.65. The van der Waals surface area contributed by atoms with Crippen molar-refractivity contribution in [2.75, 3.05) is 19.6 Å². The van der Waals surface area contributed by atoms with E-state index in [1.165, 1.54) is 0 Å². The van der Waals surface area contributed by atoms with E-state index < -0.39 is 0 Å². The minimum Gasteiger partial charge on any atom is -0.467 e. The van der Waals surface area contributed by atoms with Crippen LogP contribution in [0.5, 0.6) is 0 Å². The molecule has 3 N–H and O–H groups in total. The summed E-state index contributed by atoms with van der Waals surface area (Å²) in [5.41, 5.74) is 5.65. The normalized spacial score (nSPS) is 22.3. The topological polar surface area (TPSA) is 54.4 Å². The highest BCUT2D eigenvalue weighted by Gasteiger charge is 2.26. The monoisotopic (exact) mass is 211 g/mol. The molecule has 2 heterocycles. The Bertz CT molecular complexity index is 312. The summed E-state index contributed by atoms with van der Waals surface area (Å²) in [6.07, 6.45) is 1.67. The van der Waals surface area contributed by atoms with E-state index in [-0.39, 0.29) is 6.04 Å². The van der Waals surface area contributed by atoms with Crippen molar-refractivity contribution in [1.29, 1.82) is 0 Å². The van der Waals surface area contributed by atoms with Crippen molar-refractivity contribution >= 4 is 17.3 Å². The van der Waals surface area contributed by atoms with Gasteiger partial charge in [0.2, 0.25) is 0 Å². The lowest BCUT2D eigenvalue weighted by Crippen LogP contribution is -2.50. The third kappa shape index (κ3) is 1.73. The number of thiocarbonyl (C=S) groups is 1. The molecule has 1 aliphatic rings. The molecule has 5 heteroatoms. The number of furan rings is 1. The first-order valence-electron chi connectivity index (χ1n) is 4.59. The summed E-state index contributed by atoms with van der Waals surface area (Å²) in [7, 11) is 0. The molecule has 0 saturated carbocycles. The SMILES string of the molecule is NC(=S)N1CCNCC1c1ccco1. The fourth-order valence-electron chi connectivity index (χ4n) is 1.70. The van der Waals surface area contributed by atoms with Crippen LogP contribution in [0.1, 0.15) is 11.8 Å². The van der Waals surface area contributed by atoms with Gasteiger partial charge in [-0.25, -0.2) is 0 Å². The van der Waals surface area contributed by atoms with Gasteiger partial charge in [-0.15, -0.1) is 0 Å². The first-order valence-corrected chi connectivity index (χ1v) is 5.00. The zero-order valence-electron chi connectivity index (χ0n) is 7.77. The Balaban J connectivity index is 2.18. The molecule has 1 atom stereocenters. The van der Waals surface area contributed by atoms with Gasteiger partial charge in [0.25, 0.3) is 0 Å². The van der Waals surface area contributed by atoms with Crippen LogP contribution in [0.2, 0.25) is 0 Å². The molecular formula is C9H13N3OS. The second-order valence-electron chi connectivity index (χ2n) is 3.27. The summed E-state index contributed by atoms with van der Waals surface area (Å²) < 4.78 is 5.36. The molecular weight excluding hydrogens is 198 g/mol. The lowest BCUT2D eigenvalue weighted by Gasteiger charge is -2.35. The van der Waals surface area contributed by atoms with Gasteiger partial charge in [0.1, 0.15) is 11.8 Å². The Labute approximate surface area is 88.1 Å². The molecule has 2 rings (SSSR count). The quantitative estimate of drug-likeness (QED) is 0.661. The van der Waals surface area contributed by atoms with Gasteiger partial charge in [-0.3, -0.25) is 0 Å². The predicted octanol–water partition coefficient (Wildman–Crippen LogP) is 0.470. The van der Waals surface area contributed by atoms with Crippen LogP contribution < -0.4 is 11.1 Å². The number of rotatable bonds is 1. The van der Waals surface area contributed by atoms with Crippen LogP contribution in [0, 0.1) is 0 Å². The maximum Gasteiger partial charge on any atom is 0.167 e. The van der Waals surface area contributed by atoms with E-state index in [4.69, 9.17) is 22.4 Å². The van der Waals surface area contributed by atoms with E-state index in [1.807, 2.05) is 17.0 Å². The summed E-state index contributed by atoms with van der Waals surface area (Å²) >= 11 is 5.00. The number of nitrogens with two attached hydrogens (primary N) is 1. The third-order valence-electron chi connectivity index (χ3n) is 2.40. The molecule has 0 radical (unpaired) electrons. The molecule has 1 aliphatic heterocycles. The lowest BCUT2D eigenvalue weighted by molar-refractivity contribution is 0.231. The molecule has 1 saturated heterocycles. The van der Waals surface area contributed by atoms with Crippen LogP contribution in [0.15, 0.2) is 22.8 Å². The van der Waals surface area contributed by atoms with Crippen molar-refractivity contribution in [3.63, 3.8) is 0 Å². The Kier molecular flexibility index (Phi) is 2.69. The molecule has 0 bridgehead atoms. The smallest absolute Gasteiger partial charge is 0.167 e. The minimum atomic E-state index is 0.135. The summed E-state index contributed by atoms with van der Waals surface area (Å²) in [5, 5.41) is 3.73. The highest BCUT2D eigenvalue weighted by molar-refractivity contribution is 7.80. The first kappa shape index (κ1) is 9.48. The summed E-state index contributed by atoms with van der Waals surface area (Å²) in [4.78, 5) is 1.99. The summed E-state index contributed by atoms with van der Waals surface area (Å²) in [6, 6.07) is 3.96. The van der Waals surface area contributed by atoms with E-state index in [2.05, 4.69) is 5.32 Å². The average Bonchev–Trinajstić information content (AvgIpc) is 2.70. The van der Waals surface area contributed by atoms with Crippen LogP contribution in [-0.2, 0) is 0 Å². The van der Waals surface area contributed by atoms with Gasteiger partial charge in [-0.05, 0) is 24.4 Å². The zero-order chi connectivity index (χ0) is 9.97. The van der Waals surface area contributed by atoms with E-state index >= 15 is 0 Å². The van der Waals surface area contributed by atoms with Gasteiger partial charge in [-0.2, -0.15) is 0 Å². The molecule has 76 valence electrons. The number of hydrogen-bond acceptors (Lipinski definition) is 3. The van der Waals surface area contributed by atoms with Crippen molar-refractivity contribution in [1.82, 2.24) is 10.2 Å². The first-order chi connectivity index (χ1) is 6.79. The van der Waals surface area contributed by atoms with Crippen molar-refractivity contribution < 1.29 is 4.42 Å². The minimum absolute atomic E-state index is 0.135. The van der Waals surface area contributed by atoms with Crippen LogP contribution in [0.4, 0.5) is 0 Å². The van der Waals surface area contributed by atoms with Gasteiger partial charge in [0, 0.05) is 19.6 Å². The highest BCUT2D eigenvalue weighted by atomic mass is 32.1. The molecule has 1 aromatic rings. The fourth-order valence-corrected chi connectivity index (χ4v) is 1.92. The summed E-state index contributed by atoms with van der Waals surface area (Å²) in [6.45, 7) is 2.57. The van der Waals surface area contributed by atoms with Crippen LogP contribution >= 0.6 is 12.2 Å². The Morgan fingerprint density at radius 2 is 2.57 bits per heavy atom. The Hall–Kier alpha value is -1.07. The van der Waals surface area contributed by atoms with Gasteiger partial charge in [-0.1, -0.05) is 0 Å². The van der Waals surface area contributed by atoms with Crippen molar-refractivity contribution in [2.24, 2.45) is 5.73 Å².